The fraction of sp³-hybridized carbons (Fsp3) is 0.167. The SMILES string of the molecule is CSc1ccccc1NC(=O)CSc1nnc(COc2ccccc2F)n1N. The van der Waals surface area contributed by atoms with Crippen LogP contribution < -0.4 is 15.9 Å². The van der Waals surface area contributed by atoms with Crippen LogP contribution in [0, 0.1) is 5.82 Å². The van der Waals surface area contributed by atoms with Crippen molar-refractivity contribution in [1.82, 2.24) is 14.9 Å². The highest BCUT2D eigenvalue weighted by Crippen LogP contribution is 2.25. The lowest BCUT2D eigenvalue weighted by Gasteiger charge is -2.09. The summed E-state index contributed by atoms with van der Waals surface area (Å²) in [7, 11) is 0. The Labute approximate surface area is 169 Å². The number of ether oxygens (including phenoxy) is 1. The fourth-order valence-corrected chi connectivity index (χ4v) is 3.50. The van der Waals surface area contributed by atoms with Crippen LogP contribution >= 0.6 is 23.5 Å². The van der Waals surface area contributed by atoms with Crippen LogP contribution in [0.5, 0.6) is 5.75 Å². The second kappa shape index (κ2) is 9.47. The van der Waals surface area contributed by atoms with Gasteiger partial charge in [-0.05, 0) is 30.5 Å². The van der Waals surface area contributed by atoms with Crippen molar-refractivity contribution in [2.75, 3.05) is 23.2 Å². The van der Waals surface area contributed by atoms with Crippen molar-refractivity contribution in [3.05, 3.63) is 60.2 Å². The molecule has 1 heterocycles. The summed E-state index contributed by atoms with van der Waals surface area (Å²) < 4.78 is 20.2. The number of carbonyl (C=O) groups excluding carboxylic acids is 1. The van der Waals surface area contributed by atoms with Crippen LogP contribution in [-0.4, -0.2) is 32.8 Å². The first-order valence-corrected chi connectivity index (χ1v) is 10.4. The maximum Gasteiger partial charge on any atom is 0.234 e. The van der Waals surface area contributed by atoms with Crippen LogP contribution in [0.2, 0.25) is 0 Å². The van der Waals surface area contributed by atoms with Crippen molar-refractivity contribution in [2.24, 2.45) is 0 Å². The number of hydrogen-bond acceptors (Lipinski definition) is 7. The van der Waals surface area contributed by atoms with E-state index >= 15 is 0 Å². The molecule has 0 unspecified atom stereocenters. The minimum absolute atomic E-state index is 0.0434. The predicted molar refractivity (Wildman–Crippen MR) is 108 cm³/mol. The van der Waals surface area contributed by atoms with E-state index in [1.54, 1.807) is 23.9 Å². The molecule has 2 aromatic carbocycles. The van der Waals surface area contributed by atoms with Gasteiger partial charge in [0.05, 0.1) is 11.4 Å². The highest BCUT2D eigenvalue weighted by atomic mass is 32.2. The zero-order valence-electron chi connectivity index (χ0n) is 15.0. The predicted octanol–water partition coefficient (Wildman–Crippen LogP) is 3.16. The first-order valence-electron chi connectivity index (χ1n) is 8.21. The third-order valence-corrected chi connectivity index (χ3v) is 5.38. The van der Waals surface area contributed by atoms with Crippen molar-refractivity contribution in [1.29, 1.82) is 0 Å². The molecule has 7 nitrogen and oxygen atoms in total. The lowest BCUT2D eigenvalue weighted by molar-refractivity contribution is -0.113. The van der Waals surface area contributed by atoms with Gasteiger partial charge in [-0.2, -0.15) is 0 Å². The number of aromatic nitrogens is 3. The van der Waals surface area contributed by atoms with Crippen LogP contribution in [0.1, 0.15) is 5.82 Å². The maximum atomic E-state index is 13.6. The summed E-state index contributed by atoms with van der Waals surface area (Å²) >= 11 is 2.70. The van der Waals surface area contributed by atoms with Gasteiger partial charge >= 0.3 is 0 Å². The molecule has 3 N–H and O–H groups in total. The van der Waals surface area contributed by atoms with Crippen LogP contribution in [0.15, 0.2) is 58.6 Å². The van der Waals surface area contributed by atoms with Crippen LogP contribution in [0.25, 0.3) is 0 Å². The molecule has 0 radical (unpaired) electrons. The minimum atomic E-state index is -0.470. The van der Waals surface area contributed by atoms with Gasteiger partial charge in [-0.15, -0.1) is 22.0 Å². The van der Waals surface area contributed by atoms with Gasteiger partial charge < -0.3 is 15.9 Å². The highest BCUT2D eigenvalue weighted by Gasteiger charge is 2.14. The Morgan fingerprint density at radius 3 is 2.75 bits per heavy atom. The van der Waals surface area contributed by atoms with Crippen LogP contribution in [0.3, 0.4) is 0 Å². The number of amides is 1. The molecule has 0 aliphatic rings. The van der Waals surface area contributed by atoms with Crippen molar-refractivity contribution < 1.29 is 13.9 Å². The number of para-hydroxylation sites is 2. The van der Waals surface area contributed by atoms with Gasteiger partial charge in [0, 0.05) is 4.90 Å². The number of rotatable bonds is 8. The Morgan fingerprint density at radius 2 is 1.96 bits per heavy atom. The zero-order chi connectivity index (χ0) is 19.9. The number of carbonyl (C=O) groups is 1. The van der Waals surface area contributed by atoms with Gasteiger partial charge in [-0.1, -0.05) is 36.0 Å². The molecule has 0 aliphatic heterocycles. The molecule has 0 aliphatic carbocycles. The second-order valence-corrected chi connectivity index (χ2v) is 7.32. The summed E-state index contributed by atoms with van der Waals surface area (Å²) in [5.74, 6) is 5.84. The number of benzene rings is 2. The van der Waals surface area contributed by atoms with E-state index < -0.39 is 5.82 Å². The third kappa shape index (κ3) is 4.96. The van der Waals surface area contributed by atoms with E-state index in [2.05, 4.69) is 15.5 Å². The molecule has 0 atom stereocenters. The molecule has 1 aromatic heterocycles. The van der Waals surface area contributed by atoms with Gasteiger partial charge in [-0.25, -0.2) is 9.07 Å². The molecule has 0 fully saturated rings. The summed E-state index contributed by atoms with van der Waals surface area (Å²) in [5, 5.41) is 11.1. The summed E-state index contributed by atoms with van der Waals surface area (Å²) in [6.07, 6.45) is 1.95. The number of thioether (sulfide) groups is 2. The number of anilines is 1. The van der Waals surface area contributed by atoms with Crippen molar-refractivity contribution >= 4 is 35.1 Å². The zero-order valence-corrected chi connectivity index (χ0v) is 16.6. The number of halogens is 1. The number of nitrogens with two attached hydrogens (primary N) is 1. The molecule has 0 saturated carbocycles. The first kappa shape index (κ1) is 20.0. The summed E-state index contributed by atoms with van der Waals surface area (Å²) in [4.78, 5) is 13.2. The highest BCUT2D eigenvalue weighted by molar-refractivity contribution is 7.99. The summed E-state index contributed by atoms with van der Waals surface area (Å²) in [6, 6.07) is 13.6. The lowest BCUT2D eigenvalue weighted by Crippen LogP contribution is -2.18. The number of nitrogens with one attached hydrogen (secondary N) is 1. The van der Waals surface area contributed by atoms with Gasteiger partial charge in [0.15, 0.2) is 17.4 Å². The van der Waals surface area contributed by atoms with Gasteiger partial charge in [-0.3, -0.25) is 4.79 Å². The first-order chi connectivity index (χ1) is 13.6. The largest absolute Gasteiger partial charge is 0.482 e. The van der Waals surface area contributed by atoms with E-state index in [-0.39, 0.29) is 24.0 Å². The molecular formula is C18H18FN5O2S2. The topological polar surface area (TPSA) is 95.1 Å². The minimum Gasteiger partial charge on any atom is -0.482 e. The van der Waals surface area contributed by atoms with E-state index in [0.717, 1.165) is 22.3 Å². The molecule has 10 heteroatoms. The van der Waals surface area contributed by atoms with Gasteiger partial charge in [0.25, 0.3) is 0 Å². The lowest BCUT2D eigenvalue weighted by atomic mass is 10.3. The average Bonchev–Trinajstić information content (AvgIpc) is 3.06. The van der Waals surface area contributed by atoms with Crippen LogP contribution in [0.4, 0.5) is 10.1 Å². The van der Waals surface area contributed by atoms with Crippen molar-refractivity contribution in [3.8, 4) is 5.75 Å². The molecule has 3 aromatic rings. The Kier molecular flexibility index (Phi) is 6.77. The fourth-order valence-electron chi connectivity index (χ4n) is 2.27. The number of hydrogen-bond donors (Lipinski definition) is 2. The quantitative estimate of drug-likeness (QED) is 0.428. The Hall–Kier alpha value is -2.72. The van der Waals surface area contributed by atoms with E-state index in [1.165, 1.54) is 16.8 Å². The van der Waals surface area contributed by atoms with E-state index in [1.807, 2.05) is 30.5 Å². The number of nitrogen functional groups attached to an aromatic ring is 1. The molecule has 0 spiro atoms. The number of nitrogens with zero attached hydrogens (tertiary/aromatic N) is 3. The van der Waals surface area contributed by atoms with E-state index in [0.29, 0.717) is 11.0 Å². The molecule has 28 heavy (non-hydrogen) atoms. The Balaban J connectivity index is 1.55. The Bertz CT molecular complexity index is 967. The summed E-state index contributed by atoms with van der Waals surface area (Å²) in [6.45, 7) is -0.0434. The van der Waals surface area contributed by atoms with Crippen LogP contribution in [-0.2, 0) is 11.4 Å². The monoisotopic (exact) mass is 419 g/mol. The molecule has 1 amide bonds. The normalized spacial score (nSPS) is 10.6. The molecular weight excluding hydrogens is 401 g/mol. The van der Waals surface area contributed by atoms with Gasteiger partial charge in [0.1, 0.15) is 6.61 Å². The van der Waals surface area contributed by atoms with E-state index in [4.69, 9.17) is 10.6 Å². The maximum absolute atomic E-state index is 13.6. The smallest absolute Gasteiger partial charge is 0.234 e. The van der Waals surface area contributed by atoms with Gasteiger partial charge in [0.2, 0.25) is 11.1 Å². The molecule has 146 valence electrons. The Morgan fingerprint density at radius 1 is 1.21 bits per heavy atom. The third-order valence-electron chi connectivity index (χ3n) is 3.64. The molecule has 3 rings (SSSR count). The molecule has 0 saturated heterocycles. The standard InChI is InChI=1S/C18H18FN5O2S2/c1-27-15-9-5-3-7-13(15)21-17(25)11-28-18-23-22-16(24(18)20)10-26-14-8-4-2-6-12(14)19/h2-9H,10-11,20H2,1H3,(H,21,25). The van der Waals surface area contributed by atoms with E-state index in [9.17, 15) is 9.18 Å². The average molecular weight is 420 g/mol. The molecule has 0 bridgehead atoms. The summed E-state index contributed by atoms with van der Waals surface area (Å²) in [5.41, 5.74) is 0.758. The second-order valence-electron chi connectivity index (χ2n) is 5.53. The van der Waals surface area contributed by atoms with Crippen molar-refractivity contribution in [2.45, 2.75) is 16.7 Å². The van der Waals surface area contributed by atoms with Crippen molar-refractivity contribution in [3.63, 3.8) is 0 Å².